The van der Waals surface area contributed by atoms with Crippen LogP contribution in [0.25, 0.3) is 5.65 Å². The molecular formula is C18H21N7O. The van der Waals surface area contributed by atoms with Crippen molar-refractivity contribution in [2.45, 2.75) is 12.5 Å². The Hall–Kier alpha value is -3.00. The summed E-state index contributed by atoms with van der Waals surface area (Å²) in [6.45, 7) is 1.88. The number of aromatic nitrogens is 4. The summed E-state index contributed by atoms with van der Waals surface area (Å²) in [6.07, 6.45) is 4.27. The van der Waals surface area contributed by atoms with Crippen LogP contribution in [0.3, 0.4) is 0 Å². The summed E-state index contributed by atoms with van der Waals surface area (Å²) in [5, 5.41) is 7.43. The average Bonchev–Trinajstić information content (AvgIpc) is 3.29. The van der Waals surface area contributed by atoms with Crippen molar-refractivity contribution in [1.29, 1.82) is 0 Å². The molecule has 0 aliphatic carbocycles. The number of pyridine rings is 1. The molecular weight excluding hydrogens is 330 g/mol. The van der Waals surface area contributed by atoms with Crippen LogP contribution in [0, 0.1) is 0 Å². The van der Waals surface area contributed by atoms with Gasteiger partial charge in [-0.25, -0.2) is 14.5 Å². The molecule has 0 spiro atoms. The van der Waals surface area contributed by atoms with Crippen LogP contribution in [0.4, 0.5) is 11.6 Å². The Morgan fingerprint density at radius 1 is 1.23 bits per heavy atom. The number of likely N-dealkylation sites (N-methyl/N-ethyl adjacent to an activating group) is 1. The topological polar surface area (TPSA) is 78.7 Å². The summed E-state index contributed by atoms with van der Waals surface area (Å²) in [7, 11) is 4.20. The van der Waals surface area contributed by atoms with E-state index in [1.165, 1.54) is 6.20 Å². The summed E-state index contributed by atoms with van der Waals surface area (Å²) in [6, 6.07) is 9.73. The summed E-state index contributed by atoms with van der Waals surface area (Å²) in [5.74, 6) is 1.07. The van der Waals surface area contributed by atoms with Gasteiger partial charge in [0.1, 0.15) is 11.6 Å². The molecule has 1 N–H and O–H groups in total. The summed E-state index contributed by atoms with van der Waals surface area (Å²) in [5.41, 5.74) is 1.03. The van der Waals surface area contributed by atoms with E-state index >= 15 is 0 Å². The van der Waals surface area contributed by atoms with Gasteiger partial charge in [-0.2, -0.15) is 0 Å². The monoisotopic (exact) mass is 351 g/mol. The van der Waals surface area contributed by atoms with E-state index in [2.05, 4.69) is 44.3 Å². The molecule has 3 aromatic rings. The zero-order valence-corrected chi connectivity index (χ0v) is 14.8. The Bertz CT molecular complexity index is 922. The Balaban J connectivity index is 1.60. The number of anilines is 2. The molecule has 1 fully saturated rings. The first-order chi connectivity index (χ1) is 12.6. The molecule has 8 heteroatoms. The van der Waals surface area contributed by atoms with Gasteiger partial charge in [0.25, 0.3) is 5.91 Å². The molecule has 1 amide bonds. The van der Waals surface area contributed by atoms with Crippen LogP contribution in [0.15, 0.2) is 42.7 Å². The molecule has 1 saturated heterocycles. The number of amides is 1. The second-order valence-corrected chi connectivity index (χ2v) is 6.63. The quantitative estimate of drug-likeness (QED) is 0.768. The maximum Gasteiger partial charge on any atom is 0.277 e. The molecule has 134 valence electrons. The Kier molecular flexibility index (Phi) is 4.26. The SMILES string of the molecule is CN(C)[C@H]1CCN(c2ccc3ncc(C(=O)Nc4ccccn4)n3n2)C1. The van der Waals surface area contributed by atoms with E-state index in [-0.39, 0.29) is 5.91 Å². The highest BCUT2D eigenvalue weighted by atomic mass is 16.2. The number of imidazole rings is 1. The van der Waals surface area contributed by atoms with Crippen molar-refractivity contribution < 1.29 is 4.79 Å². The fraction of sp³-hybridized carbons (Fsp3) is 0.333. The molecule has 0 unspecified atom stereocenters. The fourth-order valence-corrected chi connectivity index (χ4v) is 3.18. The van der Waals surface area contributed by atoms with E-state index in [1.54, 1.807) is 22.8 Å². The number of nitrogens with one attached hydrogen (secondary N) is 1. The van der Waals surface area contributed by atoms with Crippen molar-refractivity contribution in [3.05, 3.63) is 48.4 Å². The standard InChI is InChI=1S/C18H21N7O/c1-23(2)13-8-10-24(12-13)17-7-6-16-20-11-14(25(16)22-17)18(26)21-15-5-3-4-9-19-15/h3-7,9,11,13H,8,10,12H2,1-2H3,(H,19,21,26)/t13-/m0/s1. The maximum absolute atomic E-state index is 12.6. The second-order valence-electron chi connectivity index (χ2n) is 6.63. The van der Waals surface area contributed by atoms with Gasteiger partial charge in [0.05, 0.1) is 6.20 Å². The third-order valence-electron chi connectivity index (χ3n) is 4.71. The molecule has 1 atom stereocenters. The summed E-state index contributed by atoms with van der Waals surface area (Å²) >= 11 is 0. The van der Waals surface area contributed by atoms with E-state index < -0.39 is 0 Å². The molecule has 1 aliphatic rings. The van der Waals surface area contributed by atoms with Gasteiger partial charge < -0.3 is 15.1 Å². The van der Waals surface area contributed by atoms with Gasteiger partial charge in [-0.15, -0.1) is 5.10 Å². The first-order valence-corrected chi connectivity index (χ1v) is 8.60. The van der Waals surface area contributed by atoms with E-state index in [0.717, 1.165) is 25.3 Å². The van der Waals surface area contributed by atoms with Crippen molar-refractivity contribution in [2.75, 3.05) is 37.4 Å². The van der Waals surface area contributed by atoms with Crippen LogP contribution in [0.5, 0.6) is 0 Å². The smallest absolute Gasteiger partial charge is 0.277 e. The molecule has 3 aromatic heterocycles. The van der Waals surface area contributed by atoms with E-state index in [1.807, 2.05) is 18.2 Å². The number of carbonyl (C=O) groups is 1. The first kappa shape index (κ1) is 16.5. The van der Waals surface area contributed by atoms with E-state index in [4.69, 9.17) is 0 Å². The zero-order chi connectivity index (χ0) is 18.1. The molecule has 0 saturated carbocycles. The van der Waals surface area contributed by atoms with Gasteiger partial charge in [0.2, 0.25) is 0 Å². The number of nitrogens with zero attached hydrogens (tertiary/aromatic N) is 6. The minimum absolute atomic E-state index is 0.284. The minimum atomic E-state index is -0.284. The third kappa shape index (κ3) is 3.11. The lowest BCUT2D eigenvalue weighted by atomic mass is 10.2. The maximum atomic E-state index is 12.6. The zero-order valence-electron chi connectivity index (χ0n) is 14.8. The highest BCUT2D eigenvalue weighted by molar-refractivity contribution is 6.02. The fourth-order valence-electron chi connectivity index (χ4n) is 3.18. The third-order valence-corrected chi connectivity index (χ3v) is 4.71. The van der Waals surface area contributed by atoms with Gasteiger partial charge in [0, 0.05) is 25.3 Å². The number of hydrogen-bond acceptors (Lipinski definition) is 6. The van der Waals surface area contributed by atoms with Crippen LogP contribution >= 0.6 is 0 Å². The number of carbonyl (C=O) groups excluding carboxylic acids is 1. The lowest BCUT2D eigenvalue weighted by molar-refractivity contribution is 0.102. The van der Waals surface area contributed by atoms with Crippen molar-refractivity contribution >= 4 is 23.2 Å². The van der Waals surface area contributed by atoms with Crippen molar-refractivity contribution in [2.24, 2.45) is 0 Å². The van der Waals surface area contributed by atoms with Crippen LogP contribution in [0.1, 0.15) is 16.9 Å². The normalized spacial score (nSPS) is 17.2. The lowest BCUT2D eigenvalue weighted by Gasteiger charge is -2.21. The molecule has 8 nitrogen and oxygen atoms in total. The van der Waals surface area contributed by atoms with Crippen molar-refractivity contribution in [1.82, 2.24) is 24.5 Å². The van der Waals surface area contributed by atoms with Crippen molar-refractivity contribution in [3.63, 3.8) is 0 Å². The number of fused-ring (bicyclic) bond motifs is 1. The van der Waals surface area contributed by atoms with Gasteiger partial charge in [-0.3, -0.25) is 4.79 Å². The highest BCUT2D eigenvalue weighted by Gasteiger charge is 2.25. The predicted octanol–water partition coefficient (Wildman–Crippen LogP) is 1.52. The minimum Gasteiger partial charge on any atom is -0.354 e. The largest absolute Gasteiger partial charge is 0.354 e. The predicted molar refractivity (Wildman–Crippen MR) is 99.5 cm³/mol. The summed E-state index contributed by atoms with van der Waals surface area (Å²) in [4.78, 5) is 25.5. The van der Waals surface area contributed by atoms with Crippen LogP contribution in [-0.4, -0.2) is 63.6 Å². The van der Waals surface area contributed by atoms with Crippen LogP contribution in [0.2, 0.25) is 0 Å². The second kappa shape index (κ2) is 6.72. The van der Waals surface area contributed by atoms with Gasteiger partial charge in [-0.1, -0.05) is 6.07 Å². The lowest BCUT2D eigenvalue weighted by Crippen LogP contribution is -2.32. The Morgan fingerprint density at radius 2 is 2.12 bits per heavy atom. The molecule has 0 bridgehead atoms. The molecule has 4 heterocycles. The Labute approximate surface area is 151 Å². The highest BCUT2D eigenvalue weighted by Crippen LogP contribution is 2.21. The molecule has 1 aliphatic heterocycles. The average molecular weight is 351 g/mol. The summed E-state index contributed by atoms with van der Waals surface area (Å²) < 4.78 is 1.59. The Morgan fingerprint density at radius 3 is 2.85 bits per heavy atom. The van der Waals surface area contributed by atoms with Gasteiger partial charge in [0.15, 0.2) is 11.3 Å². The van der Waals surface area contributed by atoms with E-state index in [9.17, 15) is 4.79 Å². The van der Waals surface area contributed by atoms with Gasteiger partial charge in [-0.05, 0) is 44.8 Å². The van der Waals surface area contributed by atoms with Crippen LogP contribution < -0.4 is 10.2 Å². The van der Waals surface area contributed by atoms with Gasteiger partial charge >= 0.3 is 0 Å². The molecule has 0 aromatic carbocycles. The van der Waals surface area contributed by atoms with Crippen molar-refractivity contribution in [3.8, 4) is 0 Å². The number of rotatable bonds is 4. The van der Waals surface area contributed by atoms with E-state index in [0.29, 0.717) is 23.2 Å². The number of hydrogen-bond donors (Lipinski definition) is 1. The molecule has 26 heavy (non-hydrogen) atoms. The molecule has 0 radical (unpaired) electrons. The molecule has 4 rings (SSSR count). The van der Waals surface area contributed by atoms with Crippen LogP contribution in [-0.2, 0) is 0 Å². The first-order valence-electron chi connectivity index (χ1n) is 8.60.